The van der Waals surface area contributed by atoms with Crippen molar-refractivity contribution < 1.29 is 8.42 Å². The Labute approximate surface area is 154 Å². The molecule has 0 aliphatic carbocycles. The molecule has 3 rings (SSSR count). The van der Waals surface area contributed by atoms with Gasteiger partial charge in [0, 0.05) is 37.1 Å². The zero-order chi connectivity index (χ0) is 17.9. The maximum absolute atomic E-state index is 12.7. The van der Waals surface area contributed by atoms with Gasteiger partial charge in [0.05, 0.1) is 10.9 Å². The molecule has 0 spiro atoms. The Morgan fingerprint density at radius 1 is 1.04 bits per heavy atom. The maximum Gasteiger partial charge on any atom is 0.240 e. The summed E-state index contributed by atoms with van der Waals surface area (Å²) in [5, 5.41) is 2.05. The van der Waals surface area contributed by atoms with Gasteiger partial charge in [-0.25, -0.2) is 13.1 Å². The lowest BCUT2D eigenvalue weighted by Crippen LogP contribution is -2.51. The van der Waals surface area contributed by atoms with Crippen LogP contribution in [-0.4, -0.2) is 57.5 Å². The fraction of sp³-hybridized carbons (Fsp3) is 0.444. The third-order valence-electron chi connectivity index (χ3n) is 4.63. The van der Waals surface area contributed by atoms with Gasteiger partial charge in [0.1, 0.15) is 0 Å². The van der Waals surface area contributed by atoms with Crippen LogP contribution in [0.1, 0.15) is 17.8 Å². The number of rotatable bonds is 6. The van der Waals surface area contributed by atoms with E-state index in [1.165, 1.54) is 4.88 Å². The zero-order valence-corrected chi connectivity index (χ0v) is 16.3. The second kappa shape index (κ2) is 7.97. The fourth-order valence-corrected chi connectivity index (χ4v) is 5.51. The van der Waals surface area contributed by atoms with Crippen molar-refractivity contribution in [3.63, 3.8) is 0 Å². The van der Waals surface area contributed by atoms with E-state index < -0.39 is 10.0 Å². The molecule has 1 fully saturated rings. The molecule has 0 amide bonds. The normalized spacial score (nSPS) is 19.6. The van der Waals surface area contributed by atoms with E-state index in [0.29, 0.717) is 4.90 Å². The molecular weight excluding hydrogens is 354 g/mol. The van der Waals surface area contributed by atoms with Crippen LogP contribution in [0, 0.1) is 0 Å². The molecular formula is C18H25N3O2S2. The predicted octanol–water partition coefficient (Wildman–Crippen LogP) is 2.40. The Morgan fingerprint density at radius 2 is 1.72 bits per heavy atom. The molecule has 0 unspecified atom stereocenters. The minimum atomic E-state index is -3.53. The van der Waals surface area contributed by atoms with Crippen LogP contribution in [0.5, 0.6) is 0 Å². The molecule has 1 N–H and O–H groups in total. The van der Waals surface area contributed by atoms with Crippen molar-refractivity contribution in [1.82, 2.24) is 14.5 Å². The second-order valence-electron chi connectivity index (χ2n) is 6.52. The highest BCUT2D eigenvalue weighted by Gasteiger charge is 2.31. The number of hydrogen-bond acceptors (Lipinski definition) is 5. The Balaban J connectivity index is 1.81. The Morgan fingerprint density at radius 3 is 2.32 bits per heavy atom. The van der Waals surface area contributed by atoms with Crippen molar-refractivity contribution in [3.8, 4) is 0 Å². The van der Waals surface area contributed by atoms with Gasteiger partial charge in [-0.3, -0.25) is 4.90 Å². The first-order valence-electron chi connectivity index (χ1n) is 8.51. The monoisotopic (exact) mass is 379 g/mol. The largest absolute Gasteiger partial charge is 0.304 e. The molecule has 136 valence electrons. The number of nitrogens with zero attached hydrogens (tertiary/aromatic N) is 2. The number of piperazine rings is 1. The molecule has 5 nitrogen and oxygen atoms in total. The number of sulfonamides is 1. The number of nitrogens with one attached hydrogen (secondary N) is 1. The van der Waals surface area contributed by atoms with Crippen molar-refractivity contribution in [1.29, 1.82) is 0 Å². The topological polar surface area (TPSA) is 52.7 Å². The summed E-state index contributed by atoms with van der Waals surface area (Å²) in [5.74, 6) is 0. The lowest BCUT2D eigenvalue weighted by molar-refractivity contribution is 0.0994. The van der Waals surface area contributed by atoms with Crippen LogP contribution in [0.25, 0.3) is 0 Å². The van der Waals surface area contributed by atoms with Crippen LogP contribution in [0.15, 0.2) is 52.7 Å². The average Bonchev–Trinajstić information content (AvgIpc) is 3.11. The highest BCUT2D eigenvalue weighted by molar-refractivity contribution is 7.89. The highest BCUT2D eigenvalue weighted by Crippen LogP contribution is 2.30. The molecule has 0 radical (unpaired) electrons. The van der Waals surface area contributed by atoms with Gasteiger partial charge < -0.3 is 4.90 Å². The van der Waals surface area contributed by atoms with Gasteiger partial charge in [0.25, 0.3) is 0 Å². The van der Waals surface area contributed by atoms with E-state index in [-0.39, 0.29) is 12.1 Å². The van der Waals surface area contributed by atoms with E-state index >= 15 is 0 Å². The Bertz CT molecular complexity index is 755. The molecule has 0 saturated carbocycles. The summed E-state index contributed by atoms with van der Waals surface area (Å²) in [7, 11) is -1.40. The molecule has 1 aromatic carbocycles. The molecule has 1 aliphatic rings. The number of thiophene rings is 1. The SMILES string of the molecule is C[C@@H](NS(=O)(=O)c1ccccc1)[C@@H](c1cccs1)N1CCN(C)CC1. The van der Waals surface area contributed by atoms with Gasteiger partial charge in [-0.15, -0.1) is 11.3 Å². The molecule has 2 heterocycles. The predicted molar refractivity (Wildman–Crippen MR) is 102 cm³/mol. The summed E-state index contributed by atoms with van der Waals surface area (Å²) in [4.78, 5) is 6.21. The standard InChI is InChI=1S/C18H25N3O2S2/c1-15(19-25(22,23)16-7-4-3-5-8-16)18(17-9-6-14-24-17)21-12-10-20(2)11-13-21/h3-9,14-15,18-19H,10-13H2,1-2H3/t15-,18+/m1/s1. The second-order valence-corrected chi connectivity index (χ2v) is 9.22. The average molecular weight is 380 g/mol. The highest BCUT2D eigenvalue weighted by atomic mass is 32.2. The number of benzene rings is 1. The van der Waals surface area contributed by atoms with Crippen molar-refractivity contribution in [2.24, 2.45) is 0 Å². The van der Waals surface area contributed by atoms with Crippen LogP contribution >= 0.6 is 11.3 Å². The van der Waals surface area contributed by atoms with Gasteiger partial charge in [0.15, 0.2) is 0 Å². The van der Waals surface area contributed by atoms with Gasteiger partial charge >= 0.3 is 0 Å². The van der Waals surface area contributed by atoms with Crippen LogP contribution in [-0.2, 0) is 10.0 Å². The fourth-order valence-electron chi connectivity index (χ4n) is 3.28. The molecule has 2 aromatic rings. The lowest BCUT2D eigenvalue weighted by atomic mass is 10.1. The molecule has 25 heavy (non-hydrogen) atoms. The number of hydrogen-bond donors (Lipinski definition) is 1. The van der Waals surface area contributed by atoms with E-state index in [2.05, 4.69) is 33.0 Å². The van der Waals surface area contributed by atoms with Crippen LogP contribution < -0.4 is 4.72 Å². The van der Waals surface area contributed by atoms with E-state index in [1.54, 1.807) is 35.6 Å². The third kappa shape index (κ3) is 4.48. The minimum Gasteiger partial charge on any atom is -0.304 e. The first kappa shape index (κ1) is 18.5. The van der Waals surface area contributed by atoms with E-state index in [9.17, 15) is 8.42 Å². The summed E-state index contributed by atoms with van der Waals surface area (Å²) < 4.78 is 28.3. The van der Waals surface area contributed by atoms with Crippen molar-refractivity contribution in [3.05, 3.63) is 52.7 Å². The molecule has 1 saturated heterocycles. The quantitative estimate of drug-likeness (QED) is 0.837. The van der Waals surface area contributed by atoms with Crippen molar-refractivity contribution in [2.45, 2.75) is 23.9 Å². The van der Waals surface area contributed by atoms with Crippen LogP contribution in [0.3, 0.4) is 0 Å². The van der Waals surface area contributed by atoms with Gasteiger partial charge in [-0.1, -0.05) is 24.3 Å². The molecule has 0 bridgehead atoms. The smallest absolute Gasteiger partial charge is 0.240 e. The summed E-state index contributed by atoms with van der Waals surface area (Å²) in [6, 6.07) is 12.5. The molecule has 2 atom stereocenters. The Kier molecular flexibility index (Phi) is 5.91. The van der Waals surface area contributed by atoms with E-state index in [0.717, 1.165) is 26.2 Å². The molecule has 1 aliphatic heterocycles. The summed E-state index contributed by atoms with van der Waals surface area (Å²) >= 11 is 1.69. The van der Waals surface area contributed by atoms with Crippen molar-refractivity contribution >= 4 is 21.4 Å². The van der Waals surface area contributed by atoms with E-state index in [1.807, 2.05) is 19.1 Å². The number of likely N-dealkylation sites (N-methyl/N-ethyl adjacent to an activating group) is 1. The first-order valence-corrected chi connectivity index (χ1v) is 10.9. The zero-order valence-electron chi connectivity index (χ0n) is 14.6. The van der Waals surface area contributed by atoms with Crippen LogP contribution in [0.4, 0.5) is 0 Å². The minimum absolute atomic E-state index is 0.0483. The van der Waals surface area contributed by atoms with Gasteiger partial charge in [-0.05, 0) is 37.6 Å². The first-order chi connectivity index (χ1) is 12.0. The Hall–Kier alpha value is -1.25. The summed E-state index contributed by atoms with van der Waals surface area (Å²) in [5.41, 5.74) is 0. The third-order valence-corrected chi connectivity index (χ3v) is 7.15. The van der Waals surface area contributed by atoms with Gasteiger partial charge in [-0.2, -0.15) is 0 Å². The molecule has 7 heteroatoms. The van der Waals surface area contributed by atoms with Crippen molar-refractivity contribution in [2.75, 3.05) is 33.2 Å². The molecule has 1 aromatic heterocycles. The summed E-state index contributed by atoms with van der Waals surface area (Å²) in [6.45, 7) is 5.84. The van der Waals surface area contributed by atoms with Gasteiger partial charge in [0.2, 0.25) is 10.0 Å². The van der Waals surface area contributed by atoms with E-state index in [4.69, 9.17) is 0 Å². The lowest BCUT2D eigenvalue weighted by Gasteiger charge is -2.40. The van der Waals surface area contributed by atoms with Crippen LogP contribution in [0.2, 0.25) is 0 Å². The summed E-state index contributed by atoms with van der Waals surface area (Å²) in [6.07, 6.45) is 0. The maximum atomic E-state index is 12.7.